The average molecular weight is 529 g/mol. The minimum Gasteiger partial charge on any atom is -0.481 e. The lowest BCUT2D eigenvalue weighted by Crippen LogP contribution is -2.57. The first-order valence-electron chi connectivity index (χ1n) is 12.3. The van der Waals surface area contributed by atoms with Crippen LogP contribution in [0.25, 0.3) is 0 Å². The number of amides is 3. The number of carboxylic acid groups (broad SMARTS) is 2. The molecule has 3 rings (SSSR count). The number of likely N-dealkylation sites (tertiary alicyclic amines) is 1. The quantitative estimate of drug-likeness (QED) is 0.196. The number of nitrogens with two attached hydrogens (primary N) is 1. The highest BCUT2D eigenvalue weighted by atomic mass is 16.4. The van der Waals surface area contributed by atoms with Gasteiger partial charge in [0.1, 0.15) is 18.1 Å². The Morgan fingerprint density at radius 3 is 2.45 bits per heavy atom. The number of imidazole rings is 1. The lowest BCUT2D eigenvalue weighted by atomic mass is 10.0. The first-order chi connectivity index (χ1) is 18.2. The number of hydrogen-bond acceptors (Lipinski definition) is 7. The van der Waals surface area contributed by atoms with Gasteiger partial charge in [-0.05, 0) is 24.8 Å². The van der Waals surface area contributed by atoms with Crippen LogP contribution in [0.3, 0.4) is 0 Å². The van der Waals surface area contributed by atoms with Gasteiger partial charge in [-0.2, -0.15) is 0 Å². The van der Waals surface area contributed by atoms with Crippen molar-refractivity contribution in [2.24, 2.45) is 5.73 Å². The van der Waals surface area contributed by atoms with E-state index in [0.717, 1.165) is 0 Å². The Bertz CT molecular complexity index is 1120. The van der Waals surface area contributed by atoms with Gasteiger partial charge in [0.25, 0.3) is 0 Å². The van der Waals surface area contributed by atoms with Crippen LogP contribution in [-0.4, -0.2) is 85.5 Å². The van der Waals surface area contributed by atoms with Crippen LogP contribution >= 0.6 is 0 Å². The molecule has 0 bridgehead atoms. The summed E-state index contributed by atoms with van der Waals surface area (Å²) in [6.07, 6.45) is 3.48. The molecule has 7 N–H and O–H groups in total. The standard InChI is InChI=1S/C25H32N6O7/c26-17(8-9-21(32)33)24(36)31-10-4-7-20(31)23(35)29-18(12-16-13-27-14-28-16)22(34)30-19(25(37)38)11-15-5-2-1-3-6-15/h1-3,5-6,13-14,17-20H,4,7-12,26H2,(H,27,28)(H,29,35)(H,30,34)(H,32,33)(H,37,38). The second kappa shape index (κ2) is 13.3. The topological polar surface area (TPSA) is 208 Å². The van der Waals surface area contributed by atoms with Crippen LogP contribution in [0.5, 0.6) is 0 Å². The summed E-state index contributed by atoms with van der Waals surface area (Å²) in [5, 5.41) is 23.7. The Labute approximate surface area is 218 Å². The minimum atomic E-state index is -1.23. The van der Waals surface area contributed by atoms with Crippen molar-refractivity contribution >= 4 is 29.7 Å². The molecule has 204 valence electrons. The second-order valence-electron chi connectivity index (χ2n) is 9.16. The van der Waals surface area contributed by atoms with Crippen molar-refractivity contribution < 1.29 is 34.2 Å². The molecule has 0 radical (unpaired) electrons. The second-order valence-corrected chi connectivity index (χ2v) is 9.16. The fraction of sp³-hybridized carbons (Fsp3) is 0.440. The highest BCUT2D eigenvalue weighted by Gasteiger charge is 2.38. The van der Waals surface area contributed by atoms with Crippen molar-refractivity contribution in [3.8, 4) is 0 Å². The molecule has 0 spiro atoms. The molecule has 2 aromatic rings. The van der Waals surface area contributed by atoms with Crippen LogP contribution in [0.1, 0.15) is 36.9 Å². The normalized spacial score (nSPS) is 17.3. The number of carboxylic acids is 2. The Morgan fingerprint density at radius 1 is 1.08 bits per heavy atom. The minimum absolute atomic E-state index is 0.00798. The van der Waals surface area contributed by atoms with Crippen LogP contribution < -0.4 is 16.4 Å². The largest absolute Gasteiger partial charge is 0.481 e. The predicted octanol–water partition coefficient (Wildman–Crippen LogP) is -0.568. The van der Waals surface area contributed by atoms with Gasteiger partial charge in [0, 0.05) is 37.7 Å². The zero-order valence-corrected chi connectivity index (χ0v) is 20.7. The van der Waals surface area contributed by atoms with E-state index in [1.165, 1.54) is 17.4 Å². The van der Waals surface area contributed by atoms with Gasteiger partial charge in [-0.3, -0.25) is 19.2 Å². The predicted molar refractivity (Wildman–Crippen MR) is 134 cm³/mol. The van der Waals surface area contributed by atoms with Crippen molar-refractivity contribution in [3.05, 3.63) is 54.1 Å². The molecule has 13 nitrogen and oxygen atoms in total. The lowest BCUT2D eigenvalue weighted by Gasteiger charge is -2.28. The van der Waals surface area contributed by atoms with Gasteiger partial charge < -0.3 is 36.5 Å². The maximum atomic E-state index is 13.2. The number of nitrogens with zero attached hydrogens (tertiary/aromatic N) is 2. The molecule has 1 aromatic carbocycles. The number of rotatable bonds is 13. The molecule has 1 saturated heterocycles. The zero-order chi connectivity index (χ0) is 27.7. The van der Waals surface area contributed by atoms with E-state index in [9.17, 15) is 29.1 Å². The molecular weight excluding hydrogens is 496 g/mol. The fourth-order valence-electron chi connectivity index (χ4n) is 4.33. The van der Waals surface area contributed by atoms with E-state index in [1.807, 2.05) is 0 Å². The lowest BCUT2D eigenvalue weighted by molar-refractivity contribution is -0.143. The number of H-pyrrole nitrogens is 1. The SMILES string of the molecule is NC(CCC(=O)O)C(=O)N1CCCC1C(=O)NC(Cc1cnc[nH]1)C(=O)NC(Cc1ccccc1)C(=O)O. The molecule has 1 aliphatic heterocycles. The third-order valence-corrected chi connectivity index (χ3v) is 6.33. The highest BCUT2D eigenvalue weighted by molar-refractivity contribution is 5.94. The van der Waals surface area contributed by atoms with Crippen LogP contribution in [-0.2, 0) is 36.8 Å². The van der Waals surface area contributed by atoms with Crippen LogP contribution in [0.2, 0.25) is 0 Å². The molecule has 4 atom stereocenters. The van der Waals surface area contributed by atoms with E-state index >= 15 is 0 Å². The number of nitrogens with one attached hydrogen (secondary N) is 3. The summed E-state index contributed by atoms with van der Waals surface area (Å²) in [6.45, 7) is 0.271. The van der Waals surface area contributed by atoms with Crippen molar-refractivity contribution in [1.29, 1.82) is 0 Å². The summed E-state index contributed by atoms with van der Waals surface area (Å²) in [6, 6.07) is 4.47. The van der Waals surface area contributed by atoms with Crippen LogP contribution in [0, 0.1) is 0 Å². The van der Waals surface area contributed by atoms with Gasteiger partial charge in [0.05, 0.1) is 12.4 Å². The monoisotopic (exact) mass is 528 g/mol. The smallest absolute Gasteiger partial charge is 0.326 e. The number of benzene rings is 1. The maximum Gasteiger partial charge on any atom is 0.326 e. The Morgan fingerprint density at radius 2 is 1.82 bits per heavy atom. The van der Waals surface area contributed by atoms with Crippen molar-refractivity contribution in [3.63, 3.8) is 0 Å². The summed E-state index contributed by atoms with van der Waals surface area (Å²) < 4.78 is 0. The summed E-state index contributed by atoms with van der Waals surface area (Å²) >= 11 is 0. The highest BCUT2D eigenvalue weighted by Crippen LogP contribution is 2.19. The third-order valence-electron chi connectivity index (χ3n) is 6.33. The summed E-state index contributed by atoms with van der Waals surface area (Å²) in [5.74, 6) is -4.13. The Balaban J connectivity index is 1.71. The first kappa shape index (κ1) is 28.3. The molecule has 1 aliphatic rings. The van der Waals surface area contributed by atoms with Gasteiger partial charge in [0.15, 0.2) is 0 Å². The summed E-state index contributed by atoms with van der Waals surface area (Å²) in [7, 11) is 0. The average Bonchev–Trinajstić information content (AvgIpc) is 3.59. The number of aliphatic carboxylic acids is 2. The molecule has 2 heterocycles. The van der Waals surface area contributed by atoms with Crippen molar-refractivity contribution in [2.75, 3.05) is 6.54 Å². The van der Waals surface area contributed by atoms with Crippen LogP contribution in [0.15, 0.2) is 42.9 Å². The number of aromatic nitrogens is 2. The summed E-state index contributed by atoms with van der Waals surface area (Å²) in [5.41, 5.74) is 7.13. The molecule has 0 aliphatic carbocycles. The van der Waals surface area contributed by atoms with Crippen molar-refractivity contribution in [2.45, 2.75) is 62.7 Å². The number of carbonyl (C=O) groups excluding carboxylic acids is 3. The fourth-order valence-corrected chi connectivity index (χ4v) is 4.33. The van der Waals surface area contributed by atoms with Gasteiger partial charge >= 0.3 is 11.9 Å². The zero-order valence-electron chi connectivity index (χ0n) is 20.7. The van der Waals surface area contributed by atoms with E-state index in [1.54, 1.807) is 30.3 Å². The van der Waals surface area contributed by atoms with E-state index in [-0.39, 0.29) is 32.2 Å². The van der Waals surface area contributed by atoms with Gasteiger partial charge in [-0.1, -0.05) is 30.3 Å². The number of aromatic amines is 1. The van der Waals surface area contributed by atoms with Crippen molar-refractivity contribution in [1.82, 2.24) is 25.5 Å². The number of carbonyl (C=O) groups is 5. The maximum absolute atomic E-state index is 13.2. The Hall–Kier alpha value is -4.26. The van der Waals surface area contributed by atoms with Gasteiger partial charge in [0.2, 0.25) is 17.7 Å². The molecule has 13 heteroatoms. The van der Waals surface area contributed by atoms with Gasteiger partial charge in [-0.15, -0.1) is 0 Å². The molecular formula is C25H32N6O7. The molecule has 38 heavy (non-hydrogen) atoms. The number of hydrogen-bond donors (Lipinski definition) is 6. The van der Waals surface area contributed by atoms with E-state index in [2.05, 4.69) is 20.6 Å². The van der Waals surface area contributed by atoms with Gasteiger partial charge in [-0.25, -0.2) is 9.78 Å². The van der Waals surface area contributed by atoms with E-state index in [4.69, 9.17) is 10.8 Å². The van der Waals surface area contributed by atoms with E-state index < -0.39 is 53.8 Å². The van der Waals surface area contributed by atoms with Crippen LogP contribution in [0.4, 0.5) is 0 Å². The molecule has 1 aromatic heterocycles. The molecule has 3 amide bonds. The Kier molecular flexibility index (Phi) is 9.93. The summed E-state index contributed by atoms with van der Waals surface area (Å²) in [4.78, 5) is 70.1. The molecule has 0 saturated carbocycles. The molecule has 4 unspecified atom stereocenters. The first-order valence-corrected chi connectivity index (χ1v) is 12.3. The third kappa shape index (κ3) is 7.87. The van der Waals surface area contributed by atoms with E-state index in [0.29, 0.717) is 24.1 Å². The molecule has 1 fully saturated rings.